The number of aromatic nitrogens is 1. The third kappa shape index (κ3) is 4.36. The minimum absolute atomic E-state index is 0.107. The van der Waals surface area contributed by atoms with Crippen molar-refractivity contribution in [2.45, 2.75) is 32.7 Å². The number of aromatic hydroxyl groups is 1. The summed E-state index contributed by atoms with van der Waals surface area (Å²) >= 11 is 1.37. The predicted octanol–water partition coefficient (Wildman–Crippen LogP) is 4.88. The van der Waals surface area contributed by atoms with Crippen LogP contribution in [-0.4, -0.2) is 29.9 Å². The smallest absolute Gasteiger partial charge is 0.271 e. The maximum Gasteiger partial charge on any atom is 0.271 e. The van der Waals surface area contributed by atoms with Crippen molar-refractivity contribution < 1.29 is 9.84 Å². The molecule has 0 bridgehead atoms. The highest BCUT2D eigenvalue weighted by atomic mass is 32.1. The molecule has 0 fully saturated rings. The van der Waals surface area contributed by atoms with Crippen LogP contribution >= 0.6 is 11.3 Å². The Bertz CT molecular complexity index is 1780. The molecule has 2 aliphatic rings. The molecule has 1 aromatic heterocycles. The number of thiazole rings is 1. The molecule has 0 unspecified atom stereocenters. The summed E-state index contributed by atoms with van der Waals surface area (Å²) < 4.78 is 7.90. The van der Waals surface area contributed by atoms with Crippen molar-refractivity contribution in [2.75, 3.05) is 25.1 Å². The Labute approximate surface area is 231 Å². The second kappa shape index (κ2) is 10.2. The van der Waals surface area contributed by atoms with Gasteiger partial charge in [-0.3, -0.25) is 9.36 Å². The van der Waals surface area contributed by atoms with Crippen LogP contribution in [0.4, 0.5) is 5.69 Å². The van der Waals surface area contributed by atoms with E-state index in [2.05, 4.69) is 43.0 Å². The maximum absolute atomic E-state index is 14.0. The molecule has 0 radical (unpaired) electrons. The Hall–Kier alpha value is -4.10. The van der Waals surface area contributed by atoms with Gasteiger partial charge < -0.3 is 14.7 Å². The van der Waals surface area contributed by atoms with E-state index in [1.807, 2.05) is 41.0 Å². The number of methoxy groups -OCH3 is 1. The maximum atomic E-state index is 14.0. The molecule has 39 heavy (non-hydrogen) atoms. The first-order valence-corrected chi connectivity index (χ1v) is 14.2. The Morgan fingerprint density at radius 3 is 2.67 bits per heavy atom. The van der Waals surface area contributed by atoms with E-state index in [4.69, 9.17) is 9.73 Å². The summed E-state index contributed by atoms with van der Waals surface area (Å²) in [6.45, 7) is 5.88. The number of benzene rings is 3. The van der Waals surface area contributed by atoms with Crippen LogP contribution < -0.4 is 24.5 Å². The fourth-order valence-electron chi connectivity index (χ4n) is 5.71. The molecule has 1 atom stereocenters. The van der Waals surface area contributed by atoms with E-state index >= 15 is 0 Å². The van der Waals surface area contributed by atoms with E-state index in [9.17, 15) is 9.90 Å². The number of fused-ring (bicyclic) bond motifs is 3. The van der Waals surface area contributed by atoms with Crippen LogP contribution in [0.1, 0.15) is 48.6 Å². The fourth-order valence-corrected chi connectivity index (χ4v) is 6.71. The van der Waals surface area contributed by atoms with Crippen molar-refractivity contribution >= 4 is 28.8 Å². The molecule has 1 aliphatic heterocycles. The average Bonchev–Trinajstić information content (AvgIpc) is 3.28. The zero-order valence-electron chi connectivity index (χ0n) is 22.3. The van der Waals surface area contributed by atoms with Gasteiger partial charge in [0.2, 0.25) is 0 Å². The normalized spacial score (nSPS) is 16.3. The fraction of sp³-hybridized carbons (Fsp3) is 0.250. The molecule has 0 amide bonds. The highest BCUT2D eigenvalue weighted by molar-refractivity contribution is 7.07. The third-order valence-electron chi connectivity index (χ3n) is 7.71. The van der Waals surface area contributed by atoms with Crippen LogP contribution in [0, 0.1) is 0 Å². The van der Waals surface area contributed by atoms with Crippen molar-refractivity contribution in [1.82, 2.24) is 4.57 Å². The van der Waals surface area contributed by atoms with Crippen molar-refractivity contribution in [1.29, 1.82) is 0 Å². The molecule has 0 spiro atoms. The highest BCUT2D eigenvalue weighted by Gasteiger charge is 2.32. The number of anilines is 1. The van der Waals surface area contributed by atoms with Crippen LogP contribution in [0.5, 0.6) is 11.5 Å². The molecule has 1 N–H and O–H groups in total. The van der Waals surface area contributed by atoms with Crippen LogP contribution in [-0.2, 0) is 6.42 Å². The predicted molar refractivity (Wildman–Crippen MR) is 157 cm³/mol. The summed E-state index contributed by atoms with van der Waals surface area (Å²) in [5.74, 6) is 0.908. The quantitative estimate of drug-likeness (QED) is 0.381. The van der Waals surface area contributed by atoms with Crippen LogP contribution in [0.15, 0.2) is 82.1 Å². The van der Waals surface area contributed by atoms with Crippen LogP contribution in [0.2, 0.25) is 0 Å². The number of aryl methyl sites for hydroxylation is 1. The molecule has 0 saturated carbocycles. The van der Waals surface area contributed by atoms with E-state index in [1.165, 1.54) is 16.9 Å². The van der Waals surface area contributed by atoms with Crippen molar-refractivity contribution in [3.63, 3.8) is 0 Å². The molecule has 6 rings (SSSR count). The Morgan fingerprint density at radius 1 is 1.08 bits per heavy atom. The number of phenols is 1. The molecule has 3 aromatic carbocycles. The summed E-state index contributed by atoms with van der Waals surface area (Å²) in [5, 5.41) is 10.8. The second-order valence-corrected chi connectivity index (χ2v) is 10.8. The van der Waals surface area contributed by atoms with Gasteiger partial charge in [-0.1, -0.05) is 47.7 Å². The van der Waals surface area contributed by atoms with E-state index < -0.39 is 0 Å². The minimum Gasteiger partial charge on any atom is -0.507 e. The standard InChI is InChI=1S/C32H31N3O3S/c1-4-34(5-2)23-15-13-21(27(36)19-23)18-28-31(37)35-30(22-10-8-11-24(17-22)38-3)26-16-14-20-9-6-7-12-25(20)29(26)33-32(35)39-28/h6-13,15,17-19,30,36H,4-5,14,16H2,1-3H3/b28-18-/t30-/m0/s1. The van der Waals surface area contributed by atoms with E-state index in [0.717, 1.165) is 59.8 Å². The lowest BCUT2D eigenvalue weighted by Gasteiger charge is -2.31. The van der Waals surface area contributed by atoms with E-state index in [1.54, 1.807) is 19.3 Å². The number of hydrogen-bond donors (Lipinski definition) is 1. The number of nitrogens with zero attached hydrogens (tertiary/aromatic N) is 3. The number of hydrogen-bond acceptors (Lipinski definition) is 6. The lowest BCUT2D eigenvalue weighted by Crippen LogP contribution is -2.38. The van der Waals surface area contributed by atoms with Gasteiger partial charge in [0.05, 0.1) is 23.4 Å². The first kappa shape index (κ1) is 25.2. The van der Waals surface area contributed by atoms with Gasteiger partial charge in [-0.05, 0) is 73.7 Å². The minimum atomic E-state index is -0.277. The first-order valence-electron chi connectivity index (χ1n) is 13.4. The van der Waals surface area contributed by atoms with Crippen molar-refractivity contribution in [2.24, 2.45) is 4.99 Å². The number of ether oxygens (including phenoxy) is 1. The highest BCUT2D eigenvalue weighted by Crippen LogP contribution is 2.41. The summed E-state index contributed by atoms with van der Waals surface area (Å²) in [7, 11) is 1.66. The SMILES string of the molecule is CCN(CC)c1ccc(/C=c2\sc3n(c2=O)[C@@H](c2cccc(OC)c2)C2=C(N=3)c3ccccc3CC2)c(O)c1. The molecule has 1 aliphatic carbocycles. The van der Waals surface area contributed by atoms with Gasteiger partial charge in [0.15, 0.2) is 4.80 Å². The Kier molecular flexibility index (Phi) is 6.61. The van der Waals surface area contributed by atoms with Gasteiger partial charge in [0.1, 0.15) is 11.5 Å². The average molecular weight is 538 g/mol. The van der Waals surface area contributed by atoms with Gasteiger partial charge in [-0.15, -0.1) is 0 Å². The molecule has 7 heteroatoms. The van der Waals surface area contributed by atoms with Gasteiger partial charge in [0, 0.05) is 36.0 Å². The molecular formula is C32H31N3O3S. The Morgan fingerprint density at radius 2 is 1.90 bits per heavy atom. The topological polar surface area (TPSA) is 67.1 Å². The van der Waals surface area contributed by atoms with Gasteiger partial charge >= 0.3 is 0 Å². The van der Waals surface area contributed by atoms with Gasteiger partial charge in [-0.25, -0.2) is 4.99 Å². The third-order valence-corrected chi connectivity index (χ3v) is 8.69. The number of rotatable bonds is 6. The van der Waals surface area contributed by atoms with Crippen LogP contribution in [0.3, 0.4) is 0 Å². The van der Waals surface area contributed by atoms with E-state index in [-0.39, 0.29) is 17.4 Å². The lowest BCUT2D eigenvalue weighted by molar-refractivity contribution is 0.413. The largest absolute Gasteiger partial charge is 0.507 e. The van der Waals surface area contributed by atoms with Crippen molar-refractivity contribution in [3.8, 4) is 11.5 Å². The first-order chi connectivity index (χ1) is 19.0. The summed E-state index contributed by atoms with van der Waals surface area (Å²) in [6, 6.07) is 21.7. The van der Waals surface area contributed by atoms with Gasteiger partial charge in [0.25, 0.3) is 5.56 Å². The summed E-state index contributed by atoms with van der Waals surface area (Å²) in [5.41, 5.74) is 6.98. The number of allylic oxidation sites excluding steroid dienone is 1. The van der Waals surface area contributed by atoms with Crippen molar-refractivity contribution in [3.05, 3.63) is 114 Å². The molecule has 0 saturated heterocycles. The molecular weight excluding hydrogens is 506 g/mol. The second-order valence-electron chi connectivity index (χ2n) is 9.81. The van der Waals surface area contributed by atoms with Gasteiger partial charge in [-0.2, -0.15) is 0 Å². The molecule has 198 valence electrons. The monoisotopic (exact) mass is 537 g/mol. The summed E-state index contributed by atoms with van der Waals surface area (Å²) in [6.07, 6.45) is 3.52. The zero-order chi connectivity index (χ0) is 27.1. The molecule has 2 heterocycles. The number of phenolic OH excluding ortho intramolecular Hbond substituents is 1. The van der Waals surface area contributed by atoms with E-state index in [0.29, 0.717) is 14.9 Å². The molecule has 6 nitrogen and oxygen atoms in total. The van der Waals surface area contributed by atoms with Crippen LogP contribution in [0.25, 0.3) is 11.8 Å². The summed E-state index contributed by atoms with van der Waals surface area (Å²) in [4.78, 5) is 21.9. The Balaban J connectivity index is 1.55. The zero-order valence-corrected chi connectivity index (χ0v) is 23.2. The lowest BCUT2D eigenvalue weighted by atomic mass is 9.83. The molecule has 4 aromatic rings.